The zero-order valence-corrected chi connectivity index (χ0v) is 8.51. The van der Waals surface area contributed by atoms with E-state index in [1.807, 2.05) is 0 Å². The lowest BCUT2D eigenvalue weighted by molar-refractivity contribution is -0.123. The Bertz CT molecular complexity index is 409. The monoisotopic (exact) mass is 233 g/mol. The fourth-order valence-corrected chi connectivity index (χ4v) is 1.15. The van der Waals surface area contributed by atoms with Crippen LogP contribution in [0.1, 0.15) is 16.1 Å². The van der Waals surface area contributed by atoms with Crippen LogP contribution in [0.15, 0.2) is 12.8 Å². The SMILES string of the molecule is C=Cc1cnn(C)c1C(=O)NCC(F)(F)F. The molecule has 0 aromatic carbocycles. The van der Waals surface area contributed by atoms with Crippen LogP contribution in [0.25, 0.3) is 6.08 Å². The van der Waals surface area contributed by atoms with Crippen LogP contribution in [-0.4, -0.2) is 28.4 Å². The van der Waals surface area contributed by atoms with E-state index >= 15 is 0 Å². The maximum Gasteiger partial charge on any atom is 0.405 e. The van der Waals surface area contributed by atoms with Crippen molar-refractivity contribution in [2.45, 2.75) is 6.18 Å². The number of carbonyl (C=O) groups is 1. The Morgan fingerprint density at radius 3 is 2.81 bits per heavy atom. The molecule has 1 aromatic rings. The zero-order chi connectivity index (χ0) is 12.3. The van der Waals surface area contributed by atoms with Gasteiger partial charge in [-0.1, -0.05) is 12.7 Å². The number of rotatable bonds is 3. The summed E-state index contributed by atoms with van der Waals surface area (Å²) in [6.07, 6.45) is -1.71. The van der Waals surface area contributed by atoms with Crippen molar-refractivity contribution >= 4 is 12.0 Å². The van der Waals surface area contributed by atoms with Crippen molar-refractivity contribution in [2.24, 2.45) is 7.05 Å². The van der Waals surface area contributed by atoms with E-state index in [0.717, 1.165) is 0 Å². The van der Waals surface area contributed by atoms with Gasteiger partial charge in [0.05, 0.1) is 6.20 Å². The minimum absolute atomic E-state index is 0.0549. The third kappa shape index (κ3) is 2.85. The molecule has 0 atom stereocenters. The van der Waals surface area contributed by atoms with E-state index < -0.39 is 18.6 Å². The van der Waals surface area contributed by atoms with Gasteiger partial charge in [-0.05, 0) is 0 Å². The van der Waals surface area contributed by atoms with Crippen molar-refractivity contribution in [1.82, 2.24) is 15.1 Å². The lowest BCUT2D eigenvalue weighted by Crippen LogP contribution is -2.35. The highest BCUT2D eigenvalue weighted by Gasteiger charge is 2.28. The first-order valence-corrected chi connectivity index (χ1v) is 4.34. The quantitative estimate of drug-likeness (QED) is 0.856. The first-order valence-electron chi connectivity index (χ1n) is 4.34. The van der Waals surface area contributed by atoms with E-state index in [0.29, 0.717) is 5.56 Å². The third-order valence-electron chi connectivity index (χ3n) is 1.85. The minimum Gasteiger partial charge on any atom is -0.342 e. The standard InChI is InChI=1S/C9H10F3N3O/c1-3-6-4-14-15(2)7(6)8(16)13-5-9(10,11)12/h3-4H,1,5H2,2H3,(H,13,16). The van der Waals surface area contributed by atoms with E-state index in [2.05, 4.69) is 11.7 Å². The van der Waals surface area contributed by atoms with Crippen LogP contribution in [0.4, 0.5) is 13.2 Å². The van der Waals surface area contributed by atoms with Crippen molar-refractivity contribution in [1.29, 1.82) is 0 Å². The molecule has 88 valence electrons. The smallest absolute Gasteiger partial charge is 0.342 e. The summed E-state index contributed by atoms with van der Waals surface area (Å²) in [4.78, 5) is 11.4. The van der Waals surface area contributed by atoms with E-state index in [1.54, 1.807) is 5.32 Å². The molecular weight excluding hydrogens is 223 g/mol. The molecule has 1 amide bonds. The van der Waals surface area contributed by atoms with Crippen LogP contribution in [0.3, 0.4) is 0 Å². The molecule has 0 bridgehead atoms. The van der Waals surface area contributed by atoms with Crippen molar-refractivity contribution in [3.05, 3.63) is 24.0 Å². The molecule has 1 rings (SSSR count). The fourth-order valence-electron chi connectivity index (χ4n) is 1.15. The second-order valence-corrected chi connectivity index (χ2v) is 3.07. The molecule has 1 aromatic heterocycles. The summed E-state index contributed by atoms with van der Waals surface area (Å²) in [6, 6.07) is 0. The molecule has 0 spiro atoms. The molecule has 0 fully saturated rings. The zero-order valence-electron chi connectivity index (χ0n) is 8.51. The summed E-state index contributed by atoms with van der Waals surface area (Å²) in [5, 5.41) is 5.52. The first kappa shape index (κ1) is 12.3. The number of amides is 1. The van der Waals surface area contributed by atoms with Gasteiger partial charge in [-0.15, -0.1) is 0 Å². The topological polar surface area (TPSA) is 46.9 Å². The maximum absolute atomic E-state index is 11.9. The molecular formula is C9H10F3N3O. The van der Waals surface area contributed by atoms with Gasteiger partial charge in [0.1, 0.15) is 12.2 Å². The average molecular weight is 233 g/mol. The van der Waals surface area contributed by atoms with Gasteiger partial charge in [-0.3, -0.25) is 9.48 Å². The van der Waals surface area contributed by atoms with Crippen LogP contribution in [0.2, 0.25) is 0 Å². The average Bonchev–Trinajstić information content (AvgIpc) is 2.55. The van der Waals surface area contributed by atoms with Crippen molar-refractivity contribution in [3.8, 4) is 0 Å². The Labute approximate surface area is 89.7 Å². The second kappa shape index (κ2) is 4.38. The highest BCUT2D eigenvalue weighted by molar-refractivity contribution is 5.95. The number of halogens is 3. The van der Waals surface area contributed by atoms with Gasteiger partial charge in [0, 0.05) is 12.6 Å². The molecule has 0 radical (unpaired) electrons. The van der Waals surface area contributed by atoms with E-state index in [4.69, 9.17) is 0 Å². The van der Waals surface area contributed by atoms with Gasteiger partial charge in [-0.25, -0.2) is 0 Å². The van der Waals surface area contributed by atoms with Crippen LogP contribution in [0.5, 0.6) is 0 Å². The van der Waals surface area contributed by atoms with Gasteiger partial charge >= 0.3 is 6.18 Å². The molecule has 1 heterocycles. The van der Waals surface area contributed by atoms with Crippen LogP contribution >= 0.6 is 0 Å². The Morgan fingerprint density at radius 1 is 1.69 bits per heavy atom. The number of nitrogens with one attached hydrogen (secondary N) is 1. The summed E-state index contributed by atoms with van der Waals surface area (Å²) in [5.74, 6) is -0.827. The summed E-state index contributed by atoms with van der Waals surface area (Å²) < 4.78 is 36.8. The molecule has 7 heteroatoms. The predicted octanol–water partition coefficient (Wildman–Crippen LogP) is 1.36. The largest absolute Gasteiger partial charge is 0.405 e. The second-order valence-electron chi connectivity index (χ2n) is 3.07. The van der Waals surface area contributed by atoms with E-state index in [-0.39, 0.29) is 5.69 Å². The molecule has 0 saturated carbocycles. The summed E-state index contributed by atoms with van der Waals surface area (Å²) >= 11 is 0. The summed E-state index contributed by atoms with van der Waals surface area (Å²) in [6.45, 7) is 2.07. The van der Waals surface area contributed by atoms with Crippen LogP contribution in [0, 0.1) is 0 Å². The predicted molar refractivity (Wildman–Crippen MR) is 51.7 cm³/mol. The molecule has 0 saturated heterocycles. The normalized spacial score (nSPS) is 11.2. The number of nitrogens with zero attached hydrogens (tertiary/aromatic N) is 2. The van der Waals surface area contributed by atoms with Gasteiger partial charge in [0.2, 0.25) is 0 Å². The molecule has 0 aliphatic carbocycles. The summed E-state index contributed by atoms with van der Waals surface area (Å²) in [5.41, 5.74) is 0.446. The first-order chi connectivity index (χ1) is 7.35. The Hall–Kier alpha value is -1.79. The molecule has 1 N–H and O–H groups in total. The number of aromatic nitrogens is 2. The Morgan fingerprint density at radius 2 is 2.31 bits per heavy atom. The van der Waals surface area contributed by atoms with Gasteiger partial charge in [0.25, 0.3) is 5.91 Å². The summed E-state index contributed by atoms with van der Waals surface area (Å²) in [7, 11) is 1.47. The van der Waals surface area contributed by atoms with E-state index in [9.17, 15) is 18.0 Å². The lowest BCUT2D eigenvalue weighted by atomic mass is 10.2. The van der Waals surface area contributed by atoms with Crippen molar-refractivity contribution < 1.29 is 18.0 Å². The Balaban J connectivity index is 2.80. The highest BCUT2D eigenvalue weighted by Crippen LogP contribution is 2.13. The molecule has 4 nitrogen and oxygen atoms in total. The number of alkyl halides is 3. The van der Waals surface area contributed by atoms with Gasteiger partial charge in [-0.2, -0.15) is 18.3 Å². The molecule has 16 heavy (non-hydrogen) atoms. The van der Waals surface area contributed by atoms with Crippen LogP contribution < -0.4 is 5.32 Å². The molecule has 0 aliphatic heterocycles. The van der Waals surface area contributed by atoms with Gasteiger partial charge < -0.3 is 5.32 Å². The number of aryl methyl sites for hydroxylation is 1. The maximum atomic E-state index is 11.9. The van der Waals surface area contributed by atoms with E-state index in [1.165, 1.54) is 24.0 Å². The van der Waals surface area contributed by atoms with Gasteiger partial charge in [0.15, 0.2) is 0 Å². The number of hydrogen-bond acceptors (Lipinski definition) is 2. The third-order valence-corrected chi connectivity index (χ3v) is 1.85. The molecule has 0 aliphatic rings. The van der Waals surface area contributed by atoms with Crippen molar-refractivity contribution in [2.75, 3.05) is 6.54 Å². The number of hydrogen-bond donors (Lipinski definition) is 1. The number of carbonyl (C=O) groups excluding carboxylic acids is 1. The lowest BCUT2D eigenvalue weighted by Gasteiger charge is -2.08. The Kier molecular flexibility index (Phi) is 3.36. The van der Waals surface area contributed by atoms with Crippen LogP contribution in [-0.2, 0) is 7.05 Å². The molecule has 0 unspecified atom stereocenters. The highest BCUT2D eigenvalue weighted by atomic mass is 19.4. The van der Waals surface area contributed by atoms with Crippen molar-refractivity contribution in [3.63, 3.8) is 0 Å². The fraction of sp³-hybridized carbons (Fsp3) is 0.333. The minimum atomic E-state index is -4.43.